The lowest BCUT2D eigenvalue weighted by Gasteiger charge is -2.24. The molecule has 2 aromatic carbocycles. The zero-order valence-corrected chi connectivity index (χ0v) is 12.6. The molecular formula is C18H22N2O. The highest BCUT2D eigenvalue weighted by molar-refractivity contribution is 5.83. The van der Waals surface area contributed by atoms with Crippen LogP contribution in [0.15, 0.2) is 54.6 Å². The molecule has 0 fully saturated rings. The van der Waals surface area contributed by atoms with Crippen LogP contribution in [0.3, 0.4) is 0 Å². The highest BCUT2D eigenvalue weighted by atomic mass is 16.2. The van der Waals surface area contributed by atoms with Gasteiger partial charge in [0.05, 0.1) is 5.92 Å². The van der Waals surface area contributed by atoms with Gasteiger partial charge >= 0.3 is 0 Å². The molecule has 0 radical (unpaired) electrons. The number of likely N-dealkylation sites (N-methyl/N-ethyl adjacent to an activating group) is 1. The molecule has 0 saturated carbocycles. The second kappa shape index (κ2) is 7.04. The Balaban J connectivity index is 2.13. The van der Waals surface area contributed by atoms with Crippen molar-refractivity contribution in [3.05, 3.63) is 71.3 Å². The fourth-order valence-electron chi connectivity index (χ4n) is 2.45. The van der Waals surface area contributed by atoms with Gasteiger partial charge in [0.15, 0.2) is 0 Å². The van der Waals surface area contributed by atoms with Crippen molar-refractivity contribution < 1.29 is 4.79 Å². The Bertz CT molecular complexity index is 595. The van der Waals surface area contributed by atoms with Crippen molar-refractivity contribution in [3.63, 3.8) is 0 Å². The van der Waals surface area contributed by atoms with E-state index < -0.39 is 0 Å². The first kappa shape index (κ1) is 15.3. The number of carbonyl (C=O) groups is 1. The molecule has 0 spiro atoms. The van der Waals surface area contributed by atoms with Gasteiger partial charge in [0.25, 0.3) is 0 Å². The van der Waals surface area contributed by atoms with Crippen LogP contribution in [0.1, 0.15) is 22.6 Å². The SMILES string of the molecule is Cc1ccccc1CN(C)C(=O)[C@H](CN)c1ccccc1. The van der Waals surface area contributed by atoms with Gasteiger partial charge < -0.3 is 10.6 Å². The summed E-state index contributed by atoms with van der Waals surface area (Å²) in [6.07, 6.45) is 0. The van der Waals surface area contributed by atoms with E-state index in [1.807, 2.05) is 49.5 Å². The number of hydrogen-bond donors (Lipinski definition) is 1. The Kier molecular flexibility index (Phi) is 5.12. The van der Waals surface area contributed by atoms with Gasteiger partial charge in [-0.05, 0) is 23.6 Å². The van der Waals surface area contributed by atoms with Gasteiger partial charge in [-0.25, -0.2) is 0 Å². The summed E-state index contributed by atoms with van der Waals surface area (Å²) in [7, 11) is 1.83. The molecule has 2 N–H and O–H groups in total. The lowest BCUT2D eigenvalue weighted by atomic mass is 9.97. The normalized spacial score (nSPS) is 12.0. The molecule has 110 valence electrons. The molecule has 0 unspecified atom stereocenters. The zero-order valence-electron chi connectivity index (χ0n) is 12.6. The third-order valence-corrected chi connectivity index (χ3v) is 3.78. The van der Waals surface area contributed by atoms with E-state index in [4.69, 9.17) is 5.73 Å². The smallest absolute Gasteiger partial charge is 0.231 e. The standard InChI is InChI=1S/C18H22N2O/c1-14-8-6-7-11-16(14)13-20(2)18(21)17(12-19)15-9-4-3-5-10-15/h3-11,17H,12-13,19H2,1-2H3/t17-/m1/s1. The van der Waals surface area contributed by atoms with Crippen molar-refractivity contribution in [2.24, 2.45) is 5.73 Å². The minimum atomic E-state index is -0.278. The fraction of sp³-hybridized carbons (Fsp3) is 0.278. The number of nitrogens with two attached hydrogens (primary N) is 1. The number of hydrogen-bond acceptors (Lipinski definition) is 2. The summed E-state index contributed by atoms with van der Waals surface area (Å²) in [5.41, 5.74) is 9.15. The predicted molar refractivity (Wildman–Crippen MR) is 85.9 cm³/mol. The number of amides is 1. The maximum Gasteiger partial charge on any atom is 0.231 e. The number of rotatable bonds is 5. The van der Waals surface area contributed by atoms with Crippen LogP contribution in [-0.4, -0.2) is 24.4 Å². The summed E-state index contributed by atoms with van der Waals surface area (Å²) in [5.74, 6) is -0.216. The van der Waals surface area contributed by atoms with E-state index in [0.29, 0.717) is 13.1 Å². The second-order valence-corrected chi connectivity index (χ2v) is 5.32. The summed E-state index contributed by atoms with van der Waals surface area (Å²) in [5, 5.41) is 0. The average molecular weight is 282 g/mol. The molecule has 0 saturated heterocycles. The number of benzene rings is 2. The quantitative estimate of drug-likeness (QED) is 0.916. The van der Waals surface area contributed by atoms with Crippen molar-refractivity contribution in [3.8, 4) is 0 Å². The van der Waals surface area contributed by atoms with Crippen LogP contribution in [0.5, 0.6) is 0 Å². The summed E-state index contributed by atoms with van der Waals surface area (Å²) in [6, 6.07) is 17.8. The van der Waals surface area contributed by atoms with E-state index in [1.165, 1.54) is 5.56 Å². The molecule has 21 heavy (non-hydrogen) atoms. The van der Waals surface area contributed by atoms with Crippen LogP contribution in [0, 0.1) is 6.92 Å². The van der Waals surface area contributed by atoms with E-state index in [-0.39, 0.29) is 11.8 Å². The Morgan fingerprint density at radius 1 is 1.10 bits per heavy atom. The largest absolute Gasteiger partial charge is 0.341 e. The molecule has 2 aromatic rings. The topological polar surface area (TPSA) is 46.3 Å². The predicted octanol–water partition coefficient (Wildman–Crippen LogP) is 2.70. The zero-order chi connectivity index (χ0) is 15.2. The van der Waals surface area contributed by atoms with E-state index in [0.717, 1.165) is 11.1 Å². The third-order valence-electron chi connectivity index (χ3n) is 3.78. The highest BCUT2D eigenvalue weighted by Crippen LogP contribution is 2.18. The van der Waals surface area contributed by atoms with Crippen LogP contribution >= 0.6 is 0 Å². The molecule has 0 aliphatic carbocycles. The maximum absolute atomic E-state index is 12.6. The highest BCUT2D eigenvalue weighted by Gasteiger charge is 2.22. The van der Waals surface area contributed by atoms with Crippen molar-refractivity contribution in [2.75, 3.05) is 13.6 Å². The first-order chi connectivity index (χ1) is 10.1. The molecule has 2 rings (SSSR count). The summed E-state index contributed by atoms with van der Waals surface area (Å²) in [4.78, 5) is 14.4. The molecule has 0 aliphatic heterocycles. The molecular weight excluding hydrogens is 260 g/mol. The van der Waals surface area contributed by atoms with Gasteiger partial charge in [-0.2, -0.15) is 0 Å². The van der Waals surface area contributed by atoms with Gasteiger partial charge in [-0.3, -0.25) is 4.79 Å². The van der Waals surface area contributed by atoms with Crippen LogP contribution in [0.4, 0.5) is 0 Å². The first-order valence-electron chi connectivity index (χ1n) is 7.18. The van der Waals surface area contributed by atoms with Crippen LogP contribution in [0.25, 0.3) is 0 Å². The van der Waals surface area contributed by atoms with Gasteiger partial charge in [0, 0.05) is 20.1 Å². The molecule has 0 aliphatic rings. The van der Waals surface area contributed by atoms with E-state index in [9.17, 15) is 4.79 Å². The third kappa shape index (κ3) is 3.70. The summed E-state index contributed by atoms with van der Waals surface area (Å²) >= 11 is 0. The van der Waals surface area contributed by atoms with E-state index in [1.54, 1.807) is 4.90 Å². The minimum Gasteiger partial charge on any atom is -0.341 e. The van der Waals surface area contributed by atoms with Gasteiger partial charge in [-0.15, -0.1) is 0 Å². The van der Waals surface area contributed by atoms with Crippen LogP contribution < -0.4 is 5.73 Å². The van der Waals surface area contributed by atoms with Crippen molar-refractivity contribution in [1.82, 2.24) is 4.90 Å². The monoisotopic (exact) mass is 282 g/mol. The molecule has 3 nitrogen and oxygen atoms in total. The average Bonchev–Trinajstić information content (AvgIpc) is 2.51. The van der Waals surface area contributed by atoms with Gasteiger partial charge in [-0.1, -0.05) is 54.6 Å². The Hall–Kier alpha value is -2.13. The van der Waals surface area contributed by atoms with Gasteiger partial charge in [0.2, 0.25) is 5.91 Å². The van der Waals surface area contributed by atoms with E-state index in [2.05, 4.69) is 19.1 Å². The van der Waals surface area contributed by atoms with Crippen molar-refractivity contribution >= 4 is 5.91 Å². The number of nitrogens with zero attached hydrogens (tertiary/aromatic N) is 1. The number of carbonyl (C=O) groups excluding carboxylic acids is 1. The maximum atomic E-state index is 12.6. The second-order valence-electron chi connectivity index (χ2n) is 5.32. The Morgan fingerprint density at radius 3 is 2.33 bits per heavy atom. The van der Waals surface area contributed by atoms with Crippen LogP contribution in [0.2, 0.25) is 0 Å². The molecule has 3 heteroatoms. The van der Waals surface area contributed by atoms with E-state index >= 15 is 0 Å². The molecule has 0 aromatic heterocycles. The minimum absolute atomic E-state index is 0.0620. The first-order valence-corrected chi connectivity index (χ1v) is 7.18. The molecule has 1 atom stereocenters. The Morgan fingerprint density at radius 2 is 1.71 bits per heavy atom. The molecule has 0 bridgehead atoms. The van der Waals surface area contributed by atoms with Crippen LogP contribution in [-0.2, 0) is 11.3 Å². The fourth-order valence-corrected chi connectivity index (χ4v) is 2.45. The van der Waals surface area contributed by atoms with Crippen molar-refractivity contribution in [1.29, 1.82) is 0 Å². The summed E-state index contributed by atoms with van der Waals surface area (Å²) in [6.45, 7) is 2.99. The molecule has 0 heterocycles. The summed E-state index contributed by atoms with van der Waals surface area (Å²) < 4.78 is 0. The molecule has 1 amide bonds. The lowest BCUT2D eigenvalue weighted by molar-refractivity contribution is -0.131. The van der Waals surface area contributed by atoms with Gasteiger partial charge in [0.1, 0.15) is 0 Å². The lowest BCUT2D eigenvalue weighted by Crippen LogP contribution is -2.35. The Labute approximate surface area is 126 Å². The van der Waals surface area contributed by atoms with Crippen molar-refractivity contribution in [2.45, 2.75) is 19.4 Å². The number of aryl methyl sites for hydroxylation is 1.